The molecule has 3 atom stereocenters. The highest BCUT2D eigenvalue weighted by atomic mass is 32.1. The number of nitrogens with one attached hydrogen (secondary N) is 1. The number of aromatic nitrogens is 2. The second-order valence-corrected chi connectivity index (χ2v) is 8.97. The predicted molar refractivity (Wildman–Crippen MR) is 113 cm³/mol. The maximum absolute atomic E-state index is 11.4. The maximum atomic E-state index is 11.4. The zero-order valence-electron chi connectivity index (χ0n) is 16.4. The minimum atomic E-state index is 0.0855. The van der Waals surface area contributed by atoms with E-state index in [-0.39, 0.29) is 5.91 Å². The van der Waals surface area contributed by atoms with Crippen molar-refractivity contribution in [3.63, 3.8) is 0 Å². The Hall–Kier alpha value is -2.51. The highest BCUT2D eigenvalue weighted by Gasteiger charge is 2.40. The molecule has 150 valence electrons. The number of thiazole rings is 1. The van der Waals surface area contributed by atoms with E-state index in [1.54, 1.807) is 13.1 Å². The summed E-state index contributed by atoms with van der Waals surface area (Å²) in [6.45, 7) is 2.57. The van der Waals surface area contributed by atoms with Crippen LogP contribution in [-0.4, -0.2) is 38.9 Å². The molecule has 3 aromatic rings. The number of pyridine rings is 1. The van der Waals surface area contributed by atoms with Gasteiger partial charge in [0.05, 0.1) is 4.70 Å². The number of rotatable bonds is 5. The van der Waals surface area contributed by atoms with Crippen molar-refractivity contribution in [3.05, 3.63) is 48.2 Å². The molecule has 0 spiro atoms. The SMILES string of the molecule is CC(=O)N[C@H]1C[C@H]2CC[C@@H](C1)N2Cc1ccc(Oc2nc3ncccc3s2)cc1. The maximum Gasteiger partial charge on any atom is 0.281 e. The van der Waals surface area contributed by atoms with Crippen LogP contribution in [0.5, 0.6) is 10.9 Å². The molecule has 0 aliphatic carbocycles. The quantitative estimate of drug-likeness (QED) is 0.688. The summed E-state index contributed by atoms with van der Waals surface area (Å²) >= 11 is 1.50. The Morgan fingerprint density at radius 3 is 2.66 bits per heavy atom. The normalized spacial score (nSPS) is 24.0. The van der Waals surface area contributed by atoms with E-state index < -0.39 is 0 Å². The van der Waals surface area contributed by atoms with Crippen molar-refractivity contribution >= 4 is 27.6 Å². The number of amides is 1. The molecule has 1 aromatic carbocycles. The lowest BCUT2D eigenvalue weighted by atomic mass is 9.96. The Morgan fingerprint density at radius 2 is 1.97 bits per heavy atom. The van der Waals surface area contributed by atoms with Crippen LogP contribution in [-0.2, 0) is 11.3 Å². The van der Waals surface area contributed by atoms with Crippen molar-refractivity contribution in [1.82, 2.24) is 20.2 Å². The third-order valence-corrected chi connectivity index (χ3v) is 6.82. The summed E-state index contributed by atoms with van der Waals surface area (Å²) in [5, 5.41) is 3.73. The summed E-state index contributed by atoms with van der Waals surface area (Å²) in [5.41, 5.74) is 2.01. The van der Waals surface area contributed by atoms with Gasteiger partial charge in [-0.15, -0.1) is 0 Å². The topological polar surface area (TPSA) is 67.4 Å². The number of piperidine rings is 1. The highest BCUT2D eigenvalue weighted by molar-refractivity contribution is 7.20. The number of nitrogens with zero attached hydrogens (tertiary/aromatic N) is 3. The van der Waals surface area contributed by atoms with Gasteiger partial charge >= 0.3 is 0 Å². The molecule has 1 amide bonds. The zero-order chi connectivity index (χ0) is 19.8. The molecule has 29 heavy (non-hydrogen) atoms. The Kier molecular flexibility index (Phi) is 4.93. The van der Waals surface area contributed by atoms with Crippen molar-refractivity contribution in [2.24, 2.45) is 0 Å². The van der Waals surface area contributed by atoms with E-state index in [9.17, 15) is 4.79 Å². The second-order valence-electron chi connectivity index (χ2n) is 7.98. The van der Waals surface area contributed by atoms with Crippen molar-refractivity contribution in [1.29, 1.82) is 0 Å². The molecule has 1 N–H and O–H groups in total. The van der Waals surface area contributed by atoms with Crippen LogP contribution in [0.3, 0.4) is 0 Å². The monoisotopic (exact) mass is 408 g/mol. The first-order valence-corrected chi connectivity index (χ1v) is 11.0. The van der Waals surface area contributed by atoms with E-state index in [1.807, 2.05) is 24.3 Å². The van der Waals surface area contributed by atoms with Crippen LogP contribution in [0.2, 0.25) is 0 Å². The van der Waals surface area contributed by atoms with Gasteiger partial charge in [-0.1, -0.05) is 23.5 Å². The van der Waals surface area contributed by atoms with Crippen LogP contribution >= 0.6 is 11.3 Å². The lowest BCUT2D eigenvalue weighted by Crippen LogP contribution is -2.49. The third-order valence-electron chi connectivity index (χ3n) is 5.93. The fourth-order valence-electron chi connectivity index (χ4n) is 4.71. The van der Waals surface area contributed by atoms with Crippen LogP contribution in [0.25, 0.3) is 10.3 Å². The molecule has 2 aromatic heterocycles. The minimum Gasteiger partial charge on any atom is -0.431 e. The number of carbonyl (C=O) groups excluding carboxylic acids is 1. The second kappa shape index (κ2) is 7.72. The van der Waals surface area contributed by atoms with E-state index >= 15 is 0 Å². The average Bonchev–Trinajstić information content (AvgIpc) is 3.20. The van der Waals surface area contributed by atoms with Crippen molar-refractivity contribution in [3.8, 4) is 10.9 Å². The number of benzene rings is 1. The summed E-state index contributed by atoms with van der Waals surface area (Å²) in [7, 11) is 0. The first-order chi connectivity index (χ1) is 14.1. The number of ether oxygens (including phenoxy) is 1. The van der Waals surface area contributed by atoms with Crippen LogP contribution in [0.15, 0.2) is 42.6 Å². The smallest absolute Gasteiger partial charge is 0.281 e. The fourth-order valence-corrected chi connectivity index (χ4v) is 5.50. The van der Waals surface area contributed by atoms with Crippen LogP contribution < -0.4 is 10.1 Å². The van der Waals surface area contributed by atoms with Gasteiger partial charge in [0.25, 0.3) is 5.19 Å². The largest absolute Gasteiger partial charge is 0.431 e. The van der Waals surface area contributed by atoms with Gasteiger partial charge in [-0.3, -0.25) is 9.69 Å². The van der Waals surface area contributed by atoms with Gasteiger partial charge in [0.15, 0.2) is 5.65 Å². The van der Waals surface area contributed by atoms with E-state index in [2.05, 4.69) is 32.3 Å². The molecular weight excluding hydrogens is 384 g/mol. The van der Waals surface area contributed by atoms with Crippen LogP contribution in [0.4, 0.5) is 0 Å². The first-order valence-electron chi connectivity index (χ1n) is 10.2. The summed E-state index contributed by atoms with van der Waals surface area (Å²) in [6.07, 6.45) is 6.32. The van der Waals surface area contributed by atoms with Gasteiger partial charge in [-0.25, -0.2) is 4.98 Å². The van der Waals surface area contributed by atoms with Crippen molar-refractivity contribution in [2.45, 2.75) is 57.3 Å². The van der Waals surface area contributed by atoms with Crippen molar-refractivity contribution in [2.75, 3.05) is 0 Å². The van der Waals surface area contributed by atoms with Gasteiger partial charge in [-0.05, 0) is 55.5 Å². The molecule has 4 heterocycles. The van der Waals surface area contributed by atoms with E-state index in [0.29, 0.717) is 23.3 Å². The van der Waals surface area contributed by atoms with Gasteiger partial charge in [0, 0.05) is 37.8 Å². The standard InChI is InChI=1S/C22H24N4O2S/c1-14(27)24-16-11-17-6-7-18(12-16)26(17)13-15-4-8-19(9-5-15)28-22-25-21-20(29-22)3-2-10-23-21/h2-5,8-10,16-18H,6-7,11-13H2,1H3,(H,24,27)/t16-,17+,18-. The minimum absolute atomic E-state index is 0.0855. The predicted octanol–water partition coefficient (Wildman–Crippen LogP) is 4.12. The summed E-state index contributed by atoms with van der Waals surface area (Å²) in [5.74, 6) is 0.877. The van der Waals surface area contributed by atoms with Gasteiger partial charge < -0.3 is 10.1 Å². The molecule has 2 aliphatic heterocycles. The molecule has 2 bridgehead atoms. The number of hydrogen-bond acceptors (Lipinski definition) is 6. The lowest BCUT2D eigenvalue weighted by molar-refractivity contribution is -0.120. The molecular formula is C22H24N4O2S. The highest BCUT2D eigenvalue weighted by Crippen LogP contribution is 2.37. The Balaban J connectivity index is 1.22. The van der Waals surface area contributed by atoms with E-state index in [1.165, 1.54) is 29.7 Å². The molecule has 5 rings (SSSR count). The molecule has 6 nitrogen and oxygen atoms in total. The van der Waals surface area contributed by atoms with Gasteiger partial charge in [0.2, 0.25) is 5.91 Å². The Labute approximate surface area is 173 Å². The third kappa shape index (κ3) is 3.97. The average molecular weight is 409 g/mol. The Morgan fingerprint density at radius 1 is 1.21 bits per heavy atom. The lowest BCUT2D eigenvalue weighted by Gasteiger charge is -2.39. The van der Waals surface area contributed by atoms with Crippen molar-refractivity contribution < 1.29 is 9.53 Å². The Bertz CT molecular complexity index is 972. The summed E-state index contributed by atoms with van der Waals surface area (Å²) in [6, 6.07) is 13.7. The summed E-state index contributed by atoms with van der Waals surface area (Å²) < 4.78 is 6.95. The molecule has 7 heteroatoms. The molecule has 0 radical (unpaired) electrons. The van der Waals surface area contributed by atoms with E-state index in [0.717, 1.165) is 35.5 Å². The van der Waals surface area contributed by atoms with Gasteiger partial charge in [0.1, 0.15) is 5.75 Å². The molecule has 0 saturated carbocycles. The molecule has 2 fully saturated rings. The summed E-state index contributed by atoms with van der Waals surface area (Å²) in [4.78, 5) is 22.7. The number of hydrogen-bond donors (Lipinski definition) is 1. The zero-order valence-corrected chi connectivity index (χ0v) is 17.2. The van der Waals surface area contributed by atoms with Crippen LogP contribution in [0, 0.1) is 0 Å². The van der Waals surface area contributed by atoms with Gasteiger partial charge in [-0.2, -0.15) is 4.98 Å². The fraction of sp³-hybridized carbons (Fsp3) is 0.409. The van der Waals surface area contributed by atoms with E-state index in [4.69, 9.17) is 4.74 Å². The van der Waals surface area contributed by atoms with Crippen LogP contribution in [0.1, 0.15) is 38.2 Å². The first kappa shape index (κ1) is 18.5. The number of fused-ring (bicyclic) bond motifs is 3. The molecule has 0 unspecified atom stereocenters. The molecule has 2 saturated heterocycles. The molecule has 2 aliphatic rings. The number of carbonyl (C=O) groups is 1.